The number of H-pyrrole nitrogens is 1. The Bertz CT molecular complexity index is 1700. The molecular weight excluding hydrogens is 538 g/mol. The SMILES string of the molecule is COc1c(C=NNC(=O)c2c[nH]c3ccc(F)cc23)c(CC2CC(c3ccc(F)cc3)=NO2)c(OC)c2c1OCO2. The summed E-state index contributed by atoms with van der Waals surface area (Å²) in [6.07, 6.45) is 3.28. The Balaban J connectivity index is 1.30. The van der Waals surface area contributed by atoms with Crippen molar-refractivity contribution in [3.05, 3.63) is 82.5 Å². The first kappa shape index (κ1) is 26.1. The van der Waals surface area contributed by atoms with E-state index in [2.05, 4.69) is 20.7 Å². The molecule has 0 aliphatic carbocycles. The molecule has 1 amide bonds. The highest BCUT2D eigenvalue weighted by molar-refractivity contribution is 6.07. The van der Waals surface area contributed by atoms with Crippen molar-refractivity contribution in [2.75, 3.05) is 21.0 Å². The molecule has 10 nitrogen and oxygen atoms in total. The highest BCUT2D eigenvalue weighted by atomic mass is 19.1. The lowest BCUT2D eigenvalue weighted by Crippen LogP contribution is -2.18. The lowest BCUT2D eigenvalue weighted by Gasteiger charge is -2.19. The van der Waals surface area contributed by atoms with Crippen LogP contribution in [-0.4, -0.2) is 49.9 Å². The largest absolute Gasteiger partial charge is 0.492 e. The molecule has 0 bridgehead atoms. The van der Waals surface area contributed by atoms with E-state index in [1.165, 1.54) is 50.9 Å². The number of nitrogens with one attached hydrogen (secondary N) is 2. The Hall–Kier alpha value is -5.13. The number of fused-ring (bicyclic) bond motifs is 2. The van der Waals surface area contributed by atoms with Gasteiger partial charge in [0.05, 0.1) is 31.7 Å². The first-order valence-corrected chi connectivity index (χ1v) is 12.6. The van der Waals surface area contributed by atoms with Gasteiger partial charge in [-0.15, -0.1) is 0 Å². The minimum Gasteiger partial charge on any atom is -0.492 e. The van der Waals surface area contributed by atoms with E-state index in [0.29, 0.717) is 63.6 Å². The Kier molecular flexibility index (Phi) is 6.88. The molecule has 2 aliphatic heterocycles. The second kappa shape index (κ2) is 10.8. The van der Waals surface area contributed by atoms with E-state index in [-0.39, 0.29) is 18.2 Å². The molecule has 210 valence electrons. The summed E-state index contributed by atoms with van der Waals surface area (Å²) in [6.45, 7) is -0.0340. The molecule has 2 aliphatic rings. The first-order chi connectivity index (χ1) is 20.0. The fraction of sp³-hybridized carbons (Fsp3) is 0.207. The molecule has 1 unspecified atom stereocenters. The fourth-order valence-electron chi connectivity index (χ4n) is 4.97. The van der Waals surface area contributed by atoms with Crippen LogP contribution in [0.5, 0.6) is 23.0 Å². The van der Waals surface area contributed by atoms with Crippen LogP contribution < -0.4 is 24.4 Å². The van der Waals surface area contributed by atoms with Crippen LogP contribution in [0.3, 0.4) is 0 Å². The van der Waals surface area contributed by atoms with E-state index in [1.54, 1.807) is 18.2 Å². The second-order valence-corrected chi connectivity index (χ2v) is 9.30. The number of nitrogens with zero attached hydrogens (tertiary/aromatic N) is 2. The maximum atomic E-state index is 13.8. The predicted octanol–water partition coefficient (Wildman–Crippen LogP) is 4.69. The number of aromatic amines is 1. The van der Waals surface area contributed by atoms with Crippen molar-refractivity contribution >= 4 is 28.7 Å². The van der Waals surface area contributed by atoms with E-state index >= 15 is 0 Å². The molecule has 1 aromatic heterocycles. The van der Waals surface area contributed by atoms with Gasteiger partial charge >= 0.3 is 0 Å². The number of hydrazone groups is 1. The van der Waals surface area contributed by atoms with Crippen LogP contribution in [0.1, 0.15) is 33.5 Å². The van der Waals surface area contributed by atoms with Crippen molar-refractivity contribution in [1.82, 2.24) is 10.4 Å². The number of carbonyl (C=O) groups is 1. The number of carbonyl (C=O) groups excluding carboxylic acids is 1. The number of hydrogen-bond donors (Lipinski definition) is 2. The molecule has 0 saturated heterocycles. The van der Waals surface area contributed by atoms with Crippen molar-refractivity contribution < 1.29 is 37.4 Å². The smallest absolute Gasteiger partial charge is 0.273 e. The van der Waals surface area contributed by atoms with E-state index in [0.717, 1.165) is 5.56 Å². The van der Waals surface area contributed by atoms with Crippen LogP contribution in [-0.2, 0) is 11.3 Å². The lowest BCUT2D eigenvalue weighted by molar-refractivity contribution is 0.0853. The summed E-state index contributed by atoms with van der Waals surface area (Å²) in [5.41, 5.74) is 5.87. The quantitative estimate of drug-likeness (QED) is 0.238. The Morgan fingerprint density at radius 1 is 1.10 bits per heavy atom. The second-order valence-electron chi connectivity index (χ2n) is 9.30. The zero-order chi connectivity index (χ0) is 28.5. The number of halogens is 2. The van der Waals surface area contributed by atoms with Crippen LogP contribution in [0.25, 0.3) is 10.9 Å². The van der Waals surface area contributed by atoms with Gasteiger partial charge in [-0.2, -0.15) is 5.10 Å². The van der Waals surface area contributed by atoms with Gasteiger partial charge in [-0.25, -0.2) is 14.2 Å². The van der Waals surface area contributed by atoms with Gasteiger partial charge in [-0.3, -0.25) is 4.79 Å². The standard InChI is InChI=1S/C29H24F2N4O6/c1-37-25-20(10-18-11-24(35-41-18)15-3-5-16(30)6-4-15)21(26(38-2)28-27(25)39-14-40-28)13-33-34-29(36)22-12-32-23-8-7-17(31)9-19(22)23/h3-9,12-13,18,32H,10-11,14H2,1-2H3,(H,34,36). The molecule has 3 aromatic carbocycles. The summed E-state index contributed by atoms with van der Waals surface area (Å²) in [5, 5.41) is 8.80. The first-order valence-electron chi connectivity index (χ1n) is 12.6. The van der Waals surface area contributed by atoms with Gasteiger partial charge in [0.15, 0.2) is 11.5 Å². The number of methoxy groups -OCH3 is 2. The van der Waals surface area contributed by atoms with Crippen LogP contribution in [0.4, 0.5) is 8.78 Å². The van der Waals surface area contributed by atoms with Crippen molar-refractivity contribution in [2.24, 2.45) is 10.3 Å². The predicted molar refractivity (Wildman–Crippen MR) is 145 cm³/mol. The van der Waals surface area contributed by atoms with Gasteiger partial charge < -0.3 is 28.8 Å². The topological polar surface area (TPSA) is 116 Å². The minimum atomic E-state index is -0.539. The zero-order valence-electron chi connectivity index (χ0n) is 22.0. The molecular formula is C29H24F2N4O6. The zero-order valence-corrected chi connectivity index (χ0v) is 22.0. The number of ether oxygens (including phenoxy) is 4. The number of aromatic nitrogens is 1. The molecule has 0 fully saturated rings. The number of benzene rings is 3. The molecule has 41 heavy (non-hydrogen) atoms. The maximum absolute atomic E-state index is 13.8. The summed E-state index contributed by atoms with van der Waals surface area (Å²) < 4.78 is 49.9. The van der Waals surface area contributed by atoms with E-state index in [1.807, 2.05) is 0 Å². The van der Waals surface area contributed by atoms with Crippen molar-refractivity contribution in [3.8, 4) is 23.0 Å². The van der Waals surface area contributed by atoms with Crippen molar-refractivity contribution in [2.45, 2.75) is 18.9 Å². The molecule has 0 spiro atoms. The molecule has 12 heteroatoms. The molecule has 0 saturated carbocycles. The van der Waals surface area contributed by atoms with Crippen LogP contribution in [0, 0.1) is 11.6 Å². The average molecular weight is 563 g/mol. The van der Waals surface area contributed by atoms with Crippen LogP contribution >= 0.6 is 0 Å². The summed E-state index contributed by atoms with van der Waals surface area (Å²) >= 11 is 0. The van der Waals surface area contributed by atoms with E-state index < -0.39 is 17.8 Å². The van der Waals surface area contributed by atoms with Gasteiger partial charge in [0.25, 0.3) is 5.91 Å². The van der Waals surface area contributed by atoms with Gasteiger partial charge in [0, 0.05) is 41.1 Å². The molecule has 0 radical (unpaired) electrons. The Morgan fingerprint density at radius 3 is 2.59 bits per heavy atom. The van der Waals surface area contributed by atoms with E-state index in [9.17, 15) is 13.6 Å². The molecule has 2 N–H and O–H groups in total. The summed E-state index contributed by atoms with van der Waals surface area (Å²) in [7, 11) is 2.98. The Morgan fingerprint density at radius 2 is 1.83 bits per heavy atom. The number of hydrogen-bond acceptors (Lipinski definition) is 8. The van der Waals surface area contributed by atoms with Gasteiger partial charge in [0.2, 0.25) is 18.3 Å². The highest BCUT2D eigenvalue weighted by Gasteiger charge is 2.34. The normalized spacial score (nSPS) is 15.7. The molecule has 6 rings (SSSR count). The lowest BCUT2D eigenvalue weighted by atomic mass is 9.95. The molecule has 3 heterocycles. The monoisotopic (exact) mass is 562 g/mol. The van der Waals surface area contributed by atoms with Crippen molar-refractivity contribution in [1.29, 1.82) is 0 Å². The third kappa shape index (κ3) is 4.88. The summed E-state index contributed by atoms with van der Waals surface area (Å²) in [5.74, 6) is 0.104. The third-order valence-corrected chi connectivity index (χ3v) is 6.87. The maximum Gasteiger partial charge on any atom is 0.273 e. The number of rotatable bonds is 8. The minimum absolute atomic E-state index is 0.0340. The highest BCUT2D eigenvalue weighted by Crippen LogP contribution is 2.52. The average Bonchev–Trinajstić information content (AvgIpc) is 3.73. The van der Waals surface area contributed by atoms with Crippen LogP contribution in [0.15, 0.2) is 58.9 Å². The summed E-state index contributed by atoms with van der Waals surface area (Å²) in [6, 6.07) is 10.2. The van der Waals surface area contributed by atoms with E-state index in [4.69, 9.17) is 23.8 Å². The Labute approximate surface area is 232 Å². The number of oxime groups is 1. The fourth-order valence-corrected chi connectivity index (χ4v) is 4.97. The van der Waals surface area contributed by atoms with Gasteiger partial charge in [-0.1, -0.05) is 17.3 Å². The molecule has 4 aromatic rings. The van der Waals surface area contributed by atoms with Crippen molar-refractivity contribution in [3.63, 3.8) is 0 Å². The van der Waals surface area contributed by atoms with Crippen LogP contribution in [0.2, 0.25) is 0 Å². The van der Waals surface area contributed by atoms with Gasteiger partial charge in [0.1, 0.15) is 17.7 Å². The number of amides is 1. The molecule has 1 atom stereocenters. The third-order valence-electron chi connectivity index (χ3n) is 6.87. The summed E-state index contributed by atoms with van der Waals surface area (Å²) in [4.78, 5) is 21.6. The van der Waals surface area contributed by atoms with Gasteiger partial charge in [-0.05, 0) is 35.9 Å².